The van der Waals surface area contributed by atoms with Crippen molar-refractivity contribution in [2.75, 3.05) is 11.9 Å². The Hall–Kier alpha value is -1.26. The van der Waals surface area contributed by atoms with E-state index in [1.807, 2.05) is 30.3 Å². The zero-order valence-electron chi connectivity index (χ0n) is 12.0. The normalized spacial score (nSPS) is 14.2. The first-order valence-electron chi connectivity index (χ1n) is 7.31. The van der Waals surface area contributed by atoms with Gasteiger partial charge in [-0.3, -0.25) is 0 Å². The smallest absolute Gasteiger partial charge is 0.135 e. The van der Waals surface area contributed by atoms with Crippen molar-refractivity contribution in [2.45, 2.75) is 42.0 Å². The number of hydrogen-bond donors (Lipinski definition) is 1. The zero-order valence-corrected chi connectivity index (χ0v) is 13.5. The van der Waals surface area contributed by atoms with Crippen LogP contribution in [-0.2, 0) is 0 Å². The fourth-order valence-corrected chi connectivity index (χ4v) is 3.10. The SMILES string of the molecule is CCCNc1cc(Sc2ccccc2Cl)nc(C2CC2)n1. The molecule has 0 unspecified atom stereocenters. The lowest BCUT2D eigenvalue weighted by atomic mass is 10.4. The van der Waals surface area contributed by atoms with Crippen LogP contribution < -0.4 is 5.32 Å². The minimum Gasteiger partial charge on any atom is -0.370 e. The van der Waals surface area contributed by atoms with Crippen LogP contribution in [0.1, 0.15) is 37.9 Å². The van der Waals surface area contributed by atoms with Gasteiger partial charge in [0.25, 0.3) is 0 Å². The largest absolute Gasteiger partial charge is 0.370 e. The highest BCUT2D eigenvalue weighted by Gasteiger charge is 2.27. The molecule has 0 atom stereocenters. The van der Waals surface area contributed by atoms with E-state index in [0.717, 1.165) is 39.6 Å². The van der Waals surface area contributed by atoms with Crippen LogP contribution in [0.5, 0.6) is 0 Å². The standard InChI is InChI=1S/C16H18ClN3S/c1-2-9-18-14-10-15(20-16(19-14)11-7-8-11)21-13-6-4-3-5-12(13)17/h3-6,10-11H,2,7-9H2,1H3,(H,18,19,20). The topological polar surface area (TPSA) is 37.8 Å². The summed E-state index contributed by atoms with van der Waals surface area (Å²) >= 11 is 7.83. The highest BCUT2D eigenvalue weighted by molar-refractivity contribution is 7.99. The maximum atomic E-state index is 6.23. The molecule has 0 spiro atoms. The van der Waals surface area contributed by atoms with Gasteiger partial charge in [0.15, 0.2) is 0 Å². The van der Waals surface area contributed by atoms with Crippen molar-refractivity contribution in [2.24, 2.45) is 0 Å². The second-order valence-corrected chi connectivity index (χ2v) is 6.65. The van der Waals surface area contributed by atoms with Crippen molar-refractivity contribution in [3.8, 4) is 0 Å². The van der Waals surface area contributed by atoms with Crippen molar-refractivity contribution < 1.29 is 0 Å². The van der Waals surface area contributed by atoms with Crippen molar-refractivity contribution in [1.82, 2.24) is 9.97 Å². The van der Waals surface area contributed by atoms with E-state index in [9.17, 15) is 0 Å². The van der Waals surface area contributed by atoms with Crippen LogP contribution >= 0.6 is 23.4 Å². The lowest BCUT2D eigenvalue weighted by Gasteiger charge is -2.09. The molecule has 0 saturated heterocycles. The fourth-order valence-electron chi connectivity index (χ4n) is 2.00. The number of hydrogen-bond acceptors (Lipinski definition) is 4. The Bertz CT molecular complexity index is 629. The first kappa shape index (κ1) is 14.7. The average molecular weight is 320 g/mol. The fraction of sp³-hybridized carbons (Fsp3) is 0.375. The summed E-state index contributed by atoms with van der Waals surface area (Å²) < 4.78 is 0. The molecule has 21 heavy (non-hydrogen) atoms. The van der Waals surface area contributed by atoms with Gasteiger partial charge in [-0.05, 0) is 31.4 Å². The Kier molecular flexibility index (Phi) is 4.66. The molecule has 1 aliphatic carbocycles. The lowest BCUT2D eigenvalue weighted by Crippen LogP contribution is -2.05. The maximum absolute atomic E-state index is 6.23. The van der Waals surface area contributed by atoms with E-state index in [0.29, 0.717) is 5.92 Å². The molecule has 0 aliphatic heterocycles. The van der Waals surface area contributed by atoms with Gasteiger partial charge in [0, 0.05) is 23.4 Å². The Labute approximate surface area is 134 Å². The quantitative estimate of drug-likeness (QED) is 0.762. The van der Waals surface area contributed by atoms with E-state index in [1.54, 1.807) is 11.8 Å². The van der Waals surface area contributed by atoms with Crippen LogP contribution in [0, 0.1) is 0 Å². The summed E-state index contributed by atoms with van der Waals surface area (Å²) in [5.74, 6) is 2.42. The Morgan fingerprint density at radius 2 is 2.10 bits per heavy atom. The molecule has 1 N–H and O–H groups in total. The van der Waals surface area contributed by atoms with Crippen LogP contribution in [-0.4, -0.2) is 16.5 Å². The zero-order chi connectivity index (χ0) is 14.7. The molecular weight excluding hydrogens is 302 g/mol. The predicted molar refractivity (Wildman–Crippen MR) is 88.4 cm³/mol. The molecule has 2 aromatic rings. The molecule has 0 amide bonds. The molecule has 0 radical (unpaired) electrons. The first-order valence-corrected chi connectivity index (χ1v) is 8.51. The molecule has 5 heteroatoms. The van der Waals surface area contributed by atoms with Crippen LogP contribution in [0.15, 0.2) is 40.3 Å². The molecule has 3 rings (SSSR count). The van der Waals surface area contributed by atoms with Gasteiger partial charge >= 0.3 is 0 Å². The third kappa shape index (κ3) is 3.89. The van der Waals surface area contributed by atoms with Gasteiger partial charge in [-0.25, -0.2) is 9.97 Å². The summed E-state index contributed by atoms with van der Waals surface area (Å²) in [4.78, 5) is 10.4. The van der Waals surface area contributed by atoms with E-state index in [-0.39, 0.29) is 0 Å². The minimum atomic E-state index is 0.541. The van der Waals surface area contributed by atoms with Crippen molar-refractivity contribution in [1.29, 1.82) is 0 Å². The summed E-state index contributed by atoms with van der Waals surface area (Å²) in [5, 5.41) is 5.08. The molecule has 1 aromatic carbocycles. The van der Waals surface area contributed by atoms with Gasteiger partial charge in [0.2, 0.25) is 0 Å². The van der Waals surface area contributed by atoms with E-state index in [1.165, 1.54) is 12.8 Å². The predicted octanol–water partition coefficient (Wildman–Crippen LogP) is 4.98. The van der Waals surface area contributed by atoms with Crippen LogP contribution in [0.4, 0.5) is 5.82 Å². The number of benzene rings is 1. The summed E-state index contributed by atoms with van der Waals surface area (Å²) in [6, 6.07) is 9.87. The molecule has 1 fully saturated rings. The number of halogens is 1. The molecule has 110 valence electrons. The summed E-state index contributed by atoms with van der Waals surface area (Å²) in [5.41, 5.74) is 0. The van der Waals surface area contributed by atoms with Gasteiger partial charge in [-0.1, -0.05) is 42.4 Å². The molecule has 1 aromatic heterocycles. The molecular formula is C16H18ClN3S. The number of rotatable bonds is 6. The van der Waals surface area contributed by atoms with Crippen molar-refractivity contribution >= 4 is 29.2 Å². The first-order chi connectivity index (χ1) is 10.3. The number of nitrogens with zero attached hydrogens (tertiary/aromatic N) is 2. The Balaban J connectivity index is 1.86. The van der Waals surface area contributed by atoms with E-state index < -0.39 is 0 Å². The summed E-state index contributed by atoms with van der Waals surface area (Å²) in [7, 11) is 0. The van der Waals surface area contributed by atoms with Gasteiger partial charge in [-0.15, -0.1) is 0 Å². The van der Waals surface area contributed by atoms with E-state index in [2.05, 4.69) is 17.2 Å². The third-order valence-corrected chi connectivity index (χ3v) is 4.71. The highest BCUT2D eigenvalue weighted by atomic mass is 35.5. The van der Waals surface area contributed by atoms with E-state index >= 15 is 0 Å². The minimum absolute atomic E-state index is 0.541. The van der Waals surface area contributed by atoms with Crippen molar-refractivity contribution in [3.05, 3.63) is 41.2 Å². The maximum Gasteiger partial charge on any atom is 0.135 e. The molecule has 0 bridgehead atoms. The summed E-state index contributed by atoms with van der Waals surface area (Å²) in [6.07, 6.45) is 3.48. The number of anilines is 1. The highest BCUT2D eigenvalue weighted by Crippen LogP contribution is 2.40. The van der Waals surface area contributed by atoms with Crippen LogP contribution in [0.2, 0.25) is 5.02 Å². The second kappa shape index (κ2) is 6.67. The van der Waals surface area contributed by atoms with Crippen LogP contribution in [0.3, 0.4) is 0 Å². The van der Waals surface area contributed by atoms with Gasteiger partial charge < -0.3 is 5.32 Å². The molecule has 1 heterocycles. The number of nitrogens with one attached hydrogen (secondary N) is 1. The van der Waals surface area contributed by atoms with Gasteiger partial charge in [-0.2, -0.15) is 0 Å². The third-order valence-electron chi connectivity index (χ3n) is 3.27. The molecule has 1 saturated carbocycles. The van der Waals surface area contributed by atoms with Crippen LogP contribution in [0.25, 0.3) is 0 Å². The number of aromatic nitrogens is 2. The monoisotopic (exact) mass is 319 g/mol. The Morgan fingerprint density at radius 1 is 1.29 bits per heavy atom. The second-order valence-electron chi connectivity index (χ2n) is 5.18. The average Bonchev–Trinajstić information content (AvgIpc) is 3.32. The van der Waals surface area contributed by atoms with E-state index in [4.69, 9.17) is 16.6 Å². The summed E-state index contributed by atoms with van der Waals surface area (Å²) in [6.45, 7) is 3.08. The molecule has 1 aliphatic rings. The van der Waals surface area contributed by atoms with Gasteiger partial charge in [0.1, 0.15) is 16.7 Å². The lowest BCUT2D eigenvalue weighted by molar-refractivity contribution is 0.868. The van der Waals surface area contributed by atoms with Crippen molar-refractivity contribution in [3.63, 3.8) is 0 Å². The van der Waals surface area contributed by atoms with Gasteiger partial charge in [0.05, 0.1) is 5.02 Å². The molecule has 3 nitrogen and oxygen atoms in total. The Morgan fingerprint density at radius 3 is 2.81 bits per heavy atom.